The number of nitrogens with one attached hydrogen (secondary N) is 4. The highest BCUT2D eigenvalue weighted by atomic mass is 32.2. The van der Waals surface area contributed by atoms with Crippen molar-refractivity contribution in [3.63, 3.8) is 0 Å². The van der Waals surface area contributed by atoms with Crippen molar-refractivity contribution in [1.29, 1.82) is 0 Å². The van der Waals surface area contributed by atoms with E-state index in [0.717, 1.165) is 25.9 Å². The van der Waals surface area contributed by atoms with Crippen LogP contribution >= 0.6 is 0 Å². The molecule has 2 aromatic rings. The lowest BCUT2D eigenvalue weighted by molar-refractivity contribution is -0.120. The molecule has 0 aromatic heterocycles. The third kappa shape index (κ3) is 5.45. The summed E-state index contributed by atoms with van der Waals surface area (Å²) in [7, 11) is -3.77. The number of rotatable bonds is 7. The van der Waals surface area contributed by atoms with Crippen molar-refractivity contribution in [1.82, 2.24) is 10.6 Å². The smallest absolute Gasteiger partial charge is 0.263 e. The molecule has 1 aliphatic heterocycles. The number of amides is 1. The summed E-state index contributed by atoms with van der Waals surface area (Å²) in [5, 5.41) is 9.18. The average Bonchev–Trinajstić information content (AvgIpc) is 2.68. The summed E-state index contributed by atoms with van der Waals surface area (Å²) in [4.78, 5) is 12.3. The fraction of sp³-hybridized carbons (Fsp3) is 0.316. The zero-order chi connectivity index (χ0) is 19.1. The van der Waals surface area contributed by atoms with Gasteiger partial charge in [0.2, 0.25) is 5.91 Å². The van der Waals surface area contributed by atoms with E-state index in [1.807, 2.05) is 6.07 Å². The third-order valence-corrected chi connectivity index (χ3v) is 5.79. The summed E-state index contributed by atoms with van der Waals surface area (Å²) >= 11 is 0. The molecule has 0 saturated carbocycles. The lowest BCUT2D eigenvalue weighted by Gasteiger charge is -2.24. The number of para-hydroxylation sites is 2. The highest BCUT2D eigenvalue weighted by Crippen LogP contribution is 2.23. The minimum atomic E-state index is -3.77. The van der Waals surface area contributed by atoms with E-state index < -0.39 is 10.0 Å². The average molecular weight is 388 g/mol. The zero-order valence-corrected chi connectivity index (χ0v) is 15.8. The van der Waals surface area contributed by atoms with E-state index in [1.165, 1.54) is 6.07 Å². The van der Waals surface area contributed by atoms with Crippen LogP contribution in [-0.4, -0.2) is 40.0 Å². The quantitative estimate of drug-likeness (QED) is 0.579. The standard InChI is InChI=1S/C19H24N4O3S/c24-19(22-15-10-12-20-13-11-15)14-21-17-8-4-5-9-18(17)27(25,26)23-16-6-2-1-3-7-16/h1-9,15,20-21,23H,10-14H2,(H,22,24). The molecule has 0 bridgehead atoms. The van der Waals surface area contributed by atoms with Gasteiger partial charge in [0, 0.05) is 11.7 Å². The van der Waals surface area contributed by atoms with E-state index in [-0.39, 0.29) is 23.4 Å². The maximum absolute atomic E-state index is 12.7. The highest BCUT2D eigenvalue weighted by molar-refractivity contribution is 7.92. The van der Waals surface area contributed by atoms with Crippen LogP contribution in [-0.2, 0) is 14.8 Å². The van der Waals surface area contributed by atoms with E-state index >= 15 is 0 Å². The van der Waals surface area contributed by atoms with Crippen molar-refractivity contribution >= 4 is 27.3 Å². The first-order valence-corrected chi connectivity index (χ1v) is 10.4. The van der Waals surface area contributed by atoms with E-state index in [9.17, 15) is 13.2 Å². The summed E-state index contributed by atoms with van der Waals surface area (Å²) in [5.41, 5.74) is 0.873. The van der Waals surface area contributed by atoms with E-state index in [0.29, 0.717) is 11.4 Å². The van der Waals surface area contributed by atoms with Gasteiger partial charge in [0.1, 0.15) is 4.90 Å². The molecule has 7 nitrogen and oxygen atoms in total. The summed E-state index contributed by atoms with van der Waals surface area (Å²) in [5.74, 6) is -0.148. The van der Waals surface area contributed by atoms with Gasteiger partial charge in [-0.2, -0.15) is 0 Å². The van der Waals surface area contributed by atoms with Gasteiger partial charge in [-0.05, 0) is 50.2 Å². The van der Waals surface area contributed by atoms with Gasteiger partial charge in [-0.3, -0.25) is 9.52 Å². The second-order valence-electron chi connectivity index (χ2n) is 6.41. The van der Waals surface area contributed by atoms with Crippen LogP contribution < -0.4 is 20.7 Å². The molecule has 4 N–H and O–H groups in total. The molecule has 1 aliphatic rings. The number of sulfonamides is 1. The molecule has 1 saturated heterocycles. The first-order chi connectivity index (χ1) is 13.0. The van der Waals surface area contributed by atoms with Crippen molar-refractivity contribution in [2.75, 3.05) is 29.7 Å². The maximum Gasteiger partial charge on any atom is 0.263 e. The molecule has 27 heavy (non-hydrogen) atoms. The Balaban J connectivity index is 1.65. The summed E-state index contributed by atoms with van der Waals surface area (Å²) in [6.45, 7) is 1.80. The Kier molecular flexibility index (Phi) is 6.31. The molecular weight excluding hydrogens is 364 g/mol. The number of hydrogen-bond donors (Lipinski definition) is 4. The highest BCUT2D eigenvalue weighted by Gasteiger charge is 2.19. The predicted molar refractivity (Wildman–Crippen MR) is 106 cm³/mol. The van der Waals surface area contributed by atoms with Crippen LogP contribution in [0.4, 0.5) is 11.4 Å². The minimum absolute atomic E-state index is 0.0157. The van der Waals surface area contributed by atoms with E-state index in [2.05, 4.69) is 20.7 Å². The van der Waals surface area contributed by atoms with Crippen molar-refractivity contribution < 1.29 is 13.2 Å². The molecule has 3 rings (SSSR count). The Labute approximate surface area is 159 Å². The van der Waals surface area contributed by atoms with Gasteiger partial charge >= 0.3 is 0 Å². The van der Waals surface area contributed by atoms with Gasteiger partial charge in [-0.15, -0.1) is 0 Å². The van der Waals surface area contributed by atoms with Gasteiger partial charge in [0.05, 0.1) is 12.2 Å². The van der Waals surface area contributed by atoms with Gasteiger partial charge in [0.25, 0.3) is 10.0 Å². The number of carbonyl (C=O) groups is 1. The largest absolute Gasteiger partial charge is 0.375 e. The molecule has 8 heteroatoms. The molecule has 1 amide bonds. The second-order valence-corrected chi connectivity index (χ2v) is 8.06. The molecule has 1 fully saturated rings. The Hall–Kier alpha value is -2.58. The molecule has 1 heterocycles. The first-order valence-electron chi connectivity index (χ1n) is 8.95. The molecule has 144 valence electrons. The Morgan fingerprint density at radius 1 is 1.00 bits per heavy atom. The molecule has 2 aromatic carbocycles. The Morgan fingerprint density at radius 2 is 1.67 bits per heavy atom. The SMILES string of the molecule is O=C(CNc1ccccc1S(=O)(=O)Nc1ccccc1)NC1CCNCC1. The number of anilines is 2. The topological polar surface area (TPSA) is 99.3 Å². The molecule has 0 spiro atoms. The van der Waals surface area contributed by atoms with Crippen LogP contribution in [0.2, 0.25) is 0 Å². The summed E-state index contributed by atoms with van der Waals surface area (Å²) < 4.78 is 28.0. The van der Waals surface area contributed by atoms with Crippen LogP contribution in [0.1, 0.15) is 12.8 Å². The number of benzene rings is 2. The lowest BCUT2D eigenvalue weighted by atomic mass is 10.1. The Bertz CT molecular complexity index is 866. The maximum atomic E-state index is 12.7. The van der Waals surface area contributed by atoms with Crippen molar-refractivity contribution in [2.45, 2.75) is 23.8 Å². The Morgan fingerprint density at radius 3 is 2.41 bits per heavy atom. The van der Waals surface area contributed by atoms with Gasteiger partial charge in [0.15, 0.2) is 0 Å². The first kappa shape index (κ1) is 19.2. The third-order valence-electron chi connectivity index (χ3n) is 4.35. The van der Waals surface area contributed by atoms with Crippen molar-refractivity contribution in [3.05, 3.63) is 54.6 Å². The number of piperidine rings is 1. The monoisotopic (exact) mass is 388 g/mol. The van der Waals surface area contributed by atoms with Crippen LogP contribution in [0.3, 0.4) is 0 Å². The second kappa shape index (κ2) is 8.88. The molecule has 0 unspecified atom stereocenters. The fourth-order valence-corrected chi connectivity index (χ4v) is 4.23. The normalized spacial score (nSPS) is 15.1. The number of carbonyl (C=O) groups excluding carboxylic acids is 1. The van der Waals surface area contributed by atoms with Gasteiger partial charge in [-0.1, -0.05) is 30.3 Å². The van der Waals surface area contributed by atoms with Crippen LogP contribution in [0.5, 0.6) is 0 Å². The van der Waals surface area contributed by atoms with Crippen molar-refractivity contribution in [2.24, 2.45) is 0 Å². The van der Waals surface area contributed by atoms with Gasteiger partial charge < -0.3 is 16.0 Å². The van der Waals surface area contributed by atoms with E-state index in [4.69, 9.17) is 0 Å². The molecular formula is C19H24N4O3S. The fourth-order valence-electron chi connectivity index (χ4n) is 2.98. The minimum Gasteiger partial charge on any atom is -0.375 e. The van der Waals surface area contributed by atoms with Gasteiger partial charge in [-0.25, -0.2) is 8.42 Å². The molecule has 0 aliphatic carbocycles. The van der Waals surface area contributed by atoms with Crippen LogP contribution in [0.15, 0.2) is 59.5 Å². The van der Waals surface area contributed by atoms with Crippen LogP contribution in [0.25, 0.3) is 0 Å². The number of hydrogen-bond acceptors (Lipinski definition) is 5. The molecule has 0 atom stereocenters. The van der Waals surface area contributed by atoms with Crippen LogP contribution in [0, 0.1) is 0 Å². The lowest BCUT2D eigenvalue weighted by Crippen LogP contribution is -2.44. The van der Waals surface area contributed by atoms with Crippen molar-refractivity contribution in [3.8, 4) is 0 Å². The van der Waals surface area contributed by atoms with E-state index in [1.54, 1.807) is 42.5 Å². The predicted octanol–water partition coefficient (Wildman–Crippen LogP) is 1.77. The summed E-state index contributed by atoms with van der Waals surface area (Å²) in [6.07, 6.45) is 1.80. The zero-order valence-electron chi connectivity index (χ0n) is 14.9. The molecule has 0 radical (unpaired) electrons. The summed E-state index contributed by atoms with van der Waals surface area (Å²) in [6, 6.07) is 15.4.